The molecular weight excluding hydrogens is 344 g/mol. The van der Waals surface area contributed by atoms with Gasteiger partial charge in [-0.15, -0.1) is 0 Å². The monoisotopic (exact) mass is 353 g/mol. The molecule has 0 spiro atoms. The van der Waals surface area contributed by atoms with Crippen molar-refractivity contribution >= 4 is 28.9 Å². The van der Waals surface area contributed by atoms with E-state index in [1.165, 1.54) is 18.2 Å². The number of halogens is 3. The Morgan fingerprint density at radius 3 is 2.83 bits per heavy atom. The van der Waals surface area contributed by atoms with Crippen molar-refractivity contribution in [2.45, 2.75) is 0 Å². The topological polar surface area (TPSA) is 64.0 Å². The second-order valence-corrected chi connectivity index (χ2v) is 5.15. The van der Waals surface area contributed by atoms with E-state index in [4.69, 9.17) is 28.0 Å². The van der Waals surface area contributed by atoms with Crippen LogP contribution in [0.1, 0.15) is 0 Å². The van der Waals surface area contributed by atoms with Gasteiger partial charge in [0.1, 0.15) is 11.0 Å². The van der Waals surface area contributed by atoms with Crippen molar-refractivity contribution in [3.05, 3.63) is 64.8 Å². The van der Waals surface area contributed by atoms with Crippen LogP contribution < -0.4 is 15.9 Å². The quantitative estimate of drug-likeness (QED) is 0.541. The lowest BCUT2D eigenvalue weighted by atomic mass is 10.3. The summed E-state index contributed by atoms with van der Waals surface area (Å²) in [5.41, 5.74) is 5.81. The van der Waals surface area contributed by atoms with Crippen LogP contribution in [0.4, 0.5) is 10.1 Å². The molecular formula is C14H10Cl2FN5O. The maximum atomic E-state index is 13.1. The Balaban J connectivity index is 1.67. The first-order valence-electron chi connectivity index (χ1n) is 6.43. The Labute approximate surface area is 140 Å². The second-order valence-electron chi connectivity index (χ2n) is 4.35. The molecule has 3 rings (SSSR count). The number of aromatic nitrogens is 3. The molecule has 9 heteroatoms. The molecule has 6 nitrogen and oxygen atoms in total. The normalized spacial score (nSPS) is 10.6. The van der Waals surface area contributed by atoms with E-state index in [0.29, 0.717) is 22.7 Å². The van der Waals surface area contributed by atoms with Crippen LogP contribution in [0, 0.1) is 5.82 Å². The van der Waals surface area contributed by atoms with Gasteiger partial charge in [-0.05, 0) is 30.3 Å². The third-order valence-electron chi connectivity index (χ3n) is 2.81. The fourth-order valence-electron chi connectivity index (χ4n) is 1.77. The van der Waals surface area contributed by atoms with E-state index in [-0.39, 0.29) is 5.02 Å². The van der Waals surface area contributed by atoms with E-state index in [1.807, 2.05) is 0 Å². The number of anilines is 1. The van der Waals surface area contributed by atoms with Crippen molar-refractivity contribution in [2.24, 2.45) is 0 Å². The maximum absolute atomic E-state index is 13.1. The second kappa shape index (κ2) is 6.82. The molecule has 0 fully saturated rings. The Morgan fingerprint density at radius 2 is 2.04 bits per heavy atom. The van der Waals surface area contributed by atoms with Gasteiger partial charge in [0.2, 0.25) is 11.8 Å². The van der Waals surface area contributed by atoms with Crippen LogP contribution in [0.5, 0.6) is 5.88 Å². The molecule has 0 aliphatic rings. The Kier molecular flexibility index (Phi) is 4.61. The Morgan fingerprint density at radius 1 is 1.17 bits per heavy atom. The molecule has 2 heterocycles. The first kappa shape index (κ1) is 15.5. The molecule has 0 radical (unpaired) electrons. The van der Waals surface area contributed by atoms with Crippen LogP contribution >= 0.6 is 23.2 Å². The van der Waals surface area contributed by atoms with Crippen molar-refractivity contribution in [2.75, 3.05) is 5.43 Å². The minimum absolute atomic E-state index is 0.00695. The van der Waals surface area contributed by atoms with Crippen LogP contribution in [-0.4, -0.2) is 14.5 Å². The SMILES string of the molecule is Fc1ccc(NNOc2cccn2-c2nccc(Cl)n2)cc1Cl. The average molecular weight is 354 g/mol. The molecule has 0 aliphatic heterocycles. The maximum Gasteiger partial charge on any atom is 0.237 e. The van der Waals surface area contributed by atoms with Gasteiger partial charge in [-0.25, -0.2) is 14.4 Å². The molecule has 0 bridgehead atoms. The summed E-state index contributed by atoms with van der Waals surface area (Å²) in [6.45, 7) is 0. The highest BCUT2D eigenvalue weighted by molar-refractivity contribution is 6.31. The van der Waals surface area contributed by atoms with Gasteiger partial charge >= 0.3 is 0 Å². The van der Waals surface area contributed by atoms with Gasteiger partial charge in [-0.3, -0.25) is 9.99 Å². The lowest BCUT2D eigenvalue weighted by Crippen LogP contribution is -2.26. The van der Waals surface area contributed by atoms with Gasteiger partial charge in [0.25, 0.3) is 0 Å². The fraction of sp³-hybridized carbons (Fsp3) is 0. The molecule has 0 saturated carbocycles. The molecule has 1 aromatic carbocycles. The smallest absolute Gasteiger partial charge is 0.237 e. The van der Waals surface area contributed by atoms with Gasteiger partial charge in [0.15, 0.2) is 0 Å². The Bertz CT molecular complexity index is 826. The van der Waals surface area contributed by atoms with Gasteiger partial charge in [0, 0.05) is 18.5 Å². The van der Waals surface area contributed by atoms with E-state index < -0.39 is 5.82 Å². The third-order valence-corrected chi connectivity index (χ3v) is 3.31. The number of nitrogens with zero attached hydrogens (tertiary/aromatic N) is 3. The molecule has 0 saturated heterocycles. The molecule has 0 aliphatic carbocycles. The summed E-state index contributed by atoms with van der Waals surface area (Å²) in [4.78, 5) is 13.6. The molecule has 0 unspecified atom stereocenters. The highest BCUT2D eigenvalue weighted by Crippen LogP contribution is 2.19. The molecule has 23 heavy (non-hydrogen) atoms. The Hall–Kier alpha value is -2.35. The molecule has 118 valence electrons. The standard InChI is InChI=1S/C14H10Cl2FN5O/c15-10-8-9(3-4-11(10)17)20-21-23-13-2-1-7-22(13)14-18-6-5-12(16)19-14/h1-8,20-21H. The molecule has 2 N–H and O–H groups in total. The van der Waals surface area contributed by atoms with Gasteiger partial charge in [-0.1, -0.05) is 28.8 Å². The summed E-state index contributed by atoms with van der Waals surface area (Å²) >= 11 is 11.5. The largest absolute Gasteiger partial charge is 0.370 e. The fourth-order valence-corrected chi connectivity index (χ4v) is 2.08. The van der Waals surface area contributed by atoms with E-state index >= 15 is 0 Å². The van der Waals surface area contributed by atoms with Crippen molar-refractivity contribution in [1.82, 2.24) is 20.1 Å². The lowest BCUT2D eigenvalue weighted by Gasteiger charge is -2.11. The van der Waals surface area contributed by atoms with Crippen molar-refractivity contribution in [1.29, 1.82) is 0 Å². The predicted molar refractivity (Wildman–Crippen MR) is 85.2 cm³/mol. The van der Waals surface area contributed by atoms with E-state index in [2.05, 4.69) is 21.0 Å². The third kappa shape index (κ3) is 3.70. The van der Waals surface area contributed by atoms with Gasteiger partial charge in [-0.2, -0.15) is 0 Å². The lowest BCUT2D eigenvalue weighted by molar-refractivity contribution is 0.207. The number of benzene rings is 1. The first-order chi connectivity index (χ1) is 11.1. The zero-order valence-corrected chi connectivity index (χ0v) is 13.0. The van der Waals surface area contributed by atoms with Crippen LogP contribution in [0.15, 0.2) is 48.8 Å². The summed E-state index contributed by atoms with van der Waals surface area (Å²) in [6, 6.07) is 9.22. The van der Waals surface area contributed by atoms with Crippen LogP contribution in [0.25, 0.3) is 5.95 Å². The molecule has 0 atom stereocenters. The van der Waals surface area contributed by atoms with E-state index in [9.17, 15) is 4.39 Å². The first-order valence-corrected chi connectivity index (χ1v) is 7.18. The molecule has 0 amide bonds. The van der Waals surface area contributed by atoms with Crippen molar-refractivity contribution in [3.8, 4) is 11.8 Å². The molecule has 2 aromatic heterocycles. The van der Waals surface area contributed by atoms with Crippen LogP contribution in [0.3, 0.4) is 0 Å². The average Bonchev–Trinajstić information content (AvgIpc) is 2.99. The summed E-state index contributed by atoms with van der Waals surface area (Å²) in [5, 5.41) is 0.328. The van der Waals surface area contributed by atoms with E-state index in [1.54, 1.807) is 35.2 Å². The number of hydrazine groups is 1. The zero-order chi connectivity index (χ0) is 16.2. The summed E-state index contributed by atoms with van der Waals surface area (Å²) in [5.74, 6) is 0.294. The van der Waals surface area contributed by atoms with Gasteiger partial charge < -0.3 is 4.84 Å². The van der Waals surface area contributed by atoms with Crippen LogP contribution in [0.2, 0.25) is 10.2 Å². The summed E-state index contributed by atoms with van der Waals surface area (Å²) in [6.07, 6.45) is 3.26. The molecule has 3 aromatic rings. The number of hydrogen-bond donors (Lipinski definition) is 2. The van der Waals surface area contributed by atoms with Gasteiger partial charge in [0.05, 0.1) is 10.7 Å². The highest BCUT2D eigenvalue weighted by Gasteiger charge is 2.08. The minimum Gasteiger partial charge on any atom is -0.370 e. The number of hydrogen-bond acceptors (Lipinski definition) is 5. The number of rotatable bonds is 5. The number of nitrogens with one attached hydrogen (secondary N) is 2. The predicted octanol–water partition coefficient (Wildman–Crippen LogP) is 3.62. The van der Waals surface area contributed by atoms with Crippen molar-refractivity contribution < 1.29 is 9.23 Å². The summed E-state index contributed by atoms with van der Waals surface area (Å²) < 4.78 is 14.7. The minimum atomic E-state index is -0.495. The van der Waals surface area contributed by atoms with E-state index in [0.717, 1.165) is 0 Å². The van der Waals surface area contributed by atoms with Crippen molar-refractivity contribution in [3.63, 3.8) is 0 Å². The van der Waals surface area contributed by atoms with Crippen LogP contribution in [-0.2, 0) is 0 Å². The zero-order valence-electron chi connectivity index (χ0n) is 11.5. The highest BCUT2D eigenvalue weighted by atomic mass is 35.5. The summed E-state index contributed by atoms with van der Waals surface area (Å²) in [7, 11) is 0.